The summed E-state index contributed by atoms with van der Waals surface area (Å²) in [5.41, 5.74) is -0.365. The van der Waals surface area contributed by atoms with Gasteiger partial charge >= 0.3 is 6.09 Å². The molecule has 1 spiro atoms. The molecule has 2 N–H and O–H groups in total. The molecule has 0 saturated carbocycles. The van der Waals surface area contributed by atoms with Crippen LogP contribution >= 0.6 is 11.8 Å². The molecule has 0 aliphatic carbocycles. The second kappa shape index (κ2) is 11.7. The second-order valence-electron chi connectivity index (χ2n) is 11.5. The number of likely N-dealkylation sites (N-methyl/N-ethyl adjacent to an activating group) is 2. The van der Waals surface area contributed by atoms with Crippen LogP contribution in [0.3, 0.4) is 0 Å². The highest BCUT2D eigenvalue weighted by atomic mass is 32.2. The number of ether oxygens (including phenoxy) is 1. The van der Waals surface area contributed by atoms with Crippen molar-refractivity contribution >= 4 is 45.4 Å². The monoisotopic (exact) mass is 624 g/mol. The van der Waals surface area contributed by atoms with Crippen molar-refractivity contribution in [2.75, 3.05) is 20.6 Å². The summed E-state index contributed by atoms with van der Waals surface area (Å²) in [5, 5.41) is 16.3. The summed E-state index contributed by atoms with van der Waals surface area (Å²) in [4.78, 5) is 56.3. The van der Waals surface area contributed by atoms with Gasteiger partial charge < -0.3 is 9.64 Å². The van der Waals surface area contributed by atoms with Crippen LogP contribution in [0.25, 0.3) is 0 Å². The SMILES string of the molecule is CC1CC2(CCN1C(=O)OCc1ccccc1)N(C)C(=O)C1C(=O)C(=O)C(C(=N)SC(=N)Cc3ccc(F)cc3F)=C[N+]12C. The lowest BCUT2D eigenvalue weighted by atomic mass is 9.86. The number of ketones is 2. The fourth-order valence-electron chi connectivity index (χ4n) is 6.55. The maximum Gasteiger partial charge on any atom is 0.410 e. The summed E-state index contributed by atoms with van der Waals surface area (Å²) in [6.45, 7) is 2.16. The van der Waals surface area contributed by atoms with Crippen LogP contribution in [0.15, 0.2) is 60.3 Å². The van der Waals surface area contributed by atoms with Crippen molar-refractivity contribution in [3.05, 3.63) is 83.1 Å². The predicted molar refractivity (Wildman–Crippen MR) is 159 cm³/mol. The van der Waals surface area contributed by atoms with Crippen LogP contribution in [0.2, 0.25) is 0 Å². The standard InChI is InChI=1S/C31H32F2N5O5S/c1-18-15-31(11-12-37(18)30(42)43-17-19-7-5-4-6-8-19)36(2)29(41)25-27(40)26(39)22(16-38(25,31)3)28(35)44-24(34)13-20-9-10-21(32)14-23(20)33/h4-10,14,16,18,25,34-35H,11-13,15,17H2,1-3H3/q+1. The number of amides is 2. The third-order valence-electron chi connectivity index (χ3n) is 8.92. The van der Waals surface area contributed by atoms with E-state index in [9.17, 15) is 28.0 Å². The largest absolute Gasteiger partial charge is 0.445 e. The molecule has 3 aliphatic rings. The molecule has 2 amide bonds. The van der Waals surface area contributed by atoms with Crippen molar-refractivity contribution in [2.45, 2.75) is 50.5 Å². The smallest absolute Gasteiger partial charge is 0.410 e. The Morgan fingerprint density at radius 2 is 1.84 bits per heavy atom. The van der Waals surface area contributed by atoms with Gasteiger partial charge in [-0.1, -0.05) is 48.2 Å². The third kappa shape index (κ3) is 5.23. The molecule has 5 rings (SSSR count). The Labute approximate surface area is 257 Å². The van der Waals surface area contributed by atoms with Crippen molar-refractivity contribution in [3.63, 3.8) is 0 Å². The number of fused-ring (bicyclic) bond motifs is 2. The number of halogens is 2. The lowest BCUT2D eigenvalue weighted by Gasteiger charge is -2.53. The number of quaternary nitrogens is 1. The maximum atomic E-state index is 14.1. The Balaban J connectivity index is 1.37. The first-order chi connectivity index (χ1) is 20.8. The van der Waals surface area contributed by atoms with E-state index in [4.69, 9.17) is 15.6 Å². The number of hydrogen-bond acceptors (Lipinski definition) is 8. The molecule has 0 aromatic heterocycles. The van der Waals surface area contributed by atoms with Gasteiger partial charge in [0.15, 0.2) is 5.66 Å². The van der Waals surface area contributed by atoms with Crippen LogP contribution in [0.1, 0.15) is 30.9 Å². The molecule has 44 heavy (non-hydrogen) atoms. The van der Waals surface area contributed by atoms with E-state index in [1.54, 1.807) is 19.0 Å². The van der Waals surface area contributed by atoms with Gasteiger partial charge in [0, 0.05) is 45.0 Å². The van der Waals surface area contributed by atoms with Crippen LogP contribution in [0.4, 0.5) is 13.6 Å². The average molecular weight is 625 g/mol. The van der Waals surface area contributed by atoms with Crippen LogP contribution in [-0.2, 0) is 32.1 Å². The average Bonchev–Trinajstić information content (AvgIpc) is 3.13. The van der Waals surface area contributed by atoms with E-state index >= 15 is 0 Å². The first-order valence-electron chi connectivity index (χ1n) is 14.0. The van der Waals surface area contributed by atoms with E-state index < -0.39 is 52.9 Å². The zero-order chi connectivity index (χ0) is 32.0. The highest BCUT2D eigenvalue weighted by molar-refractivity contribution is 8.26. The van der Waals surface area contributed by atoms with Gasteiger partial charge in [-0.2, -0.15) is 0 Å². The quantitative estimate of drug-likeness (QED) is 0.170. The summed E-state index contributed by atoms with van der Waals surface area (Å²) in [7, 11) is 3.25. The zero-order valence-corrected chi connectivity index (χ0v) is 25.2. The molecule has 2 aromatic carbocycles. The maximum absolute atomic E-state index is 14.1. The fourth-order valence-corrected chi connectivity index (χ4v) is 7.28. The van der Waals surface area contributed by atoms with E-state index in [1.807, 2.05) is 37.3 Å². The highest BCUT2D eigenvalue weighted by Gasteiger charge is 2.71. The molecule has 4 atom stereocenters. The molecule has 0 bridgehead atoms. The summed E-state index contributed by atoms with van der Waals surface area (Å²) in [6.07, 6.45) is 1.25. The number of carbonyl (C=O) groups excluding carboxylic acids is 4. The number of likely N-dealkylation sites (tertiary alicyclic amines) is 1. The third-order valence-corrected chi connectivity index (χ3v) is 9.73. The van der Waals surface area contributed by atoms with Crippen LogP contribution in [0, 0.1) is 22.5 Å². The van der Waals surface area contributed by atoms with Crippen molar-refractivity contribution in [1.29, 1.82) is 10.8 Å². The number of hydrogen-bond donors (Lipinski definition) is 2. The lowest BCUT2D eigenvalue weighted by molar-refractivity contribution is -0.921. The lowest BCUT2D eigenvalue weighted by Crippen LogP contribution is -2.70. The summed E-state index contributed by atoms with van der Waals surface area (Å²) < 4.78 is 32.7. The van der Waals surface area contributed by atoms with E-state index in [2.05, 4.69) is 0 Å². The van der Waals surface area contributed by atoms with E-state index in [0.29, 0.717) is 17.8 Å². The molecule has 4 unspecified atom stereocenters. The van der Waals surface area contributed by atoms with Crippen molar-refractivity contribution in [1.82, 2.24) is 9.80 Å². The molecule has 2 aromatic rings. The Morgan fingerprint density at radius 1 is 1.14 bits per heavy atom. The van der Waals surface area contributed by atoms with Crippen LogP contribution in [-0.4, -0.2) is 86.3 Å². The Morgan fingerprint density at radius 3 is 2.50 bits per heavy atom. The topological polar surface area (TPSA) is 132 Å². The van der Waals surface area contributed by atoms with Gasteiger partial charge in [0.2, 0.25) is 11.8 Å². The van der Waals surface area contributed by atoms with Gasteiger partial charge in [-0.05, 0) is 24.1 Å². The number of nitrogens with one attached hydrogen (secondary N) is 2. The molecule has 2 saturated heterocycles. The molecule has 2 fully saturated rings. The Kier molecular flexibility index (Phi) is 8.29. The summed E-state index contributed by atoms with van der Waals surface area (Å²) in [5.74, 6) is -4.07. The molecule has 13 heteroatoms. The van der Waals surface area contributed by atoms with E-state index in [1.165, 1.54) is 17.2 Å². The number of carbonyl (C=O) groups is 4. The zero-order valence-electron chi connectivity index (χ0n) is 24.4. The first-order valence-corrected chi connectivity index (χ1v) is 14.8. The highest BCUT2D eigenvalue weighted by Crippen LogP contribution is 2.49. The fraction of sp³-hybridized carbons (Fsp3) is 0.355. The number of Topliss-reactive ketones (excluding diaryl/α,β-unsaturated/α-hetero) is 2. The van der Waals surface area contributed by atoms with Crippen molar-refractivity contribution < 1.29 is 37.2 Å². The van der Waals surface area contributed by atoms with Crippen LogP contribution in [0.5, 0.6) is 0 Å². The minimum absolute atomic E-state index is 0.0459. The van der Waals surface area contributed by atoms with Crippen molar-refractivity contribution in [3.8, 4) is 0 Å². The van der Waals surface area contributed by atoms with Gasteiger partial charge in [-0.25, -0.2) is 13.6 Å². The minimum atomic E-state index is -1.34. The van der Waals surface area contributed by atoms with Crippen LogP contribution < -0.4 is 0 Å². The van der Waals surface area contributed by atoms with Gasteiger partial charge in [0.05, 0.1) is 12.1 Å². The van der Waals surface area contributed by atoms with Gasteiger partial charge in [0.1, 0.15) is 35.1 Å². The number of rotatable bonds is 5. The molecule has 10 nitrogen and oxygen atoms in total. The molecule has 3 heterocycles. The first kappa shape index (κ1) is 31.2. The molecule has 230 valence electrons. The van der Waals surface area contributed by atoms with Crippen molar-refractivity contribution in [2.24, 2.45) is 0 Å². The number of nitrogens with zero attached hydrogens (tertiary/aromatic N) is 3. The summed E-state index contributed by atoms with van der Waals surface area (Å²) >= 11 is 0.585. The minimum Gasteiger partial charge on any atom is -0.445 e. The van der Waals surface area contributed by atoms with Gasteiger partial charge in [0.25, 0.3) is 11.7 Å². The van der Waals surface area contributed by atoms with Gasteiger partial charge in [-0.3, -0.25) is 34.6 Å². The summed E-state index contributed by atoms with van der Waals surface area (Å²) in [6, 6.07) is 10.5. The number of thioether (sulfide) groups is 1. The molecular weight excluding hydrogens is 592 g/mol. The molecule has 3 aliphatic heterocycles. The number of benzene rings is 2. The number of piperidine rings is 1. The second-order valence-corrected chi connectivity index (χ2v) is 12.6. The predicted octanol–water partition coefficient (Wildman–Crippen LogP) is 4.04. The normalized spacial score (nSPS) is 26.5. The Hall–Kier alpha value is -4.23. The molecule has 0 radical (unpaired) electrons. The van der Waals surface area contributed by atoms with E-state index in [-0.39, 0.29) is 58.1 Å². The molecular formula is C31H32F2N5O5S+. The Bertz CT molecular complexity index is 1620. The van der Waals surface area contributed by atoms with E-state index in [0.717, 1.165) is 11.6 Å². The van der Waals surface area contributed by atoms with Gasteiger partial charge in [-0.15, -0.1) is 0 Å².